The molecule has 2 rings (SSSR count). The molecule has 118 valence electrons. The second-order valence-electron chi connectivity index (χ2n) is 5.92. The molecule has 5 heteroatoms. The normalized spacial score (nSPS) is 23.5. The molecule has 2 unspecified atom stereocenters. The van der Waals surface area contributed by atoms with Crippen LogP contribution in [-0.2, 0) is 12.7 Å². The molecule has 0 radical (unpaired) electrons. The van der Waals surface area contributed by atoms with Crippen LogP contribution in [0.2, 0.25) is 0 Å². The van der Waals surface area contributed by atoms with Crippen LogP contribution in [0.25, 0.3) is 0 Å². The van der Waals surface area contributed by atoms with Gasteiger partial charge < -0.3 is 5.73 Å². The largest absolute Gasteiger partial charge is 0.416 e. The molecule has 0 amide bonds. The molecule has 1 aliphatic rings. The van der Waals surface area contributed by atoms with Crippen LogP contribution in [0.4, 0.5) is 13.2 Å². The van der Waals surface area contributed by atoms with Crippen LogP contribution in [0.15, 0.2) is 24.3 Å². The smallest absolute Gasteiger partial charge is 0.330 e. The molecule has 0 saturated heterocycles. The van der Waals surface area contributed by atoms with Crippen molar-refractivity contribution in [2.24, 2.45) is 11.7 Å². The van der Waals surface area contributed by atoms with Gasteiger partial charge in [0.15, 0.2) is 0 Å². The highest BCUT2D eigenvalue weighted by Gasteiger charge is 2.34. The van der Waals surface area contributed by atoms with Crippen LogP contribution in [0, 0.1) is 5.92 Å². The number of rotatable bonds is 4. The molecule has 0 spiro atoms. The highest BCUT2D eigenvalue weighted by atomic mass is 19.4. The summed E-state index contributed by atoms with van der Waals surface area (Å²) >= 11 is 0. The van der Waals surface area contributed by atoms with Gasteiger partial charge in [-0.1, -0.05) is 31.0 Å². The Morgan fingerprint density at radius 2 is 1.86 bits per heavy atom. The summed E-state index contributed by atoms with van der Waals surface area (Å²) in [5.74, 6) is 0.391. The average molecular weight is 300 g/mol. The first-order chi connectivity index (χ1) is 9.93. The number of hydrogen-bond acceptors (Lipinski definition) is 2. The van der Waals surface area contributed by atoms with Gasteiger partial charge in [0.2, 0.25) is 0 Å². The first-order valence-corrected chi connectivity index (χ1v) is 7.49. The second kappa shape index (κ2) is 6.79. The highest BCUT2D eigenvalue weighted by Crippen LogP contribution is 2.34. The van der Waals surface area contributed by atoms with Crippen molar-refractivity contribution in [1.82, 2.24) is 4.90 Å². The maximum absolute atomic E-state index is 13.0. The number of alkyl halides is 3. The molecule has 1 aromatic rings. The minimum absolute atomic E-state index is 0.282. The zero-order chi connectivity index (χ0) is 15.5. The van der Waals surface area contributed by atoms with E-state index in [-0.39, 0.29) is 6.04 Å². The van der Waals surface area contributed by atoms with Crippen LogP contribution >= 0.6 is 0 Å². The molecule has 2 atom stereocenters. The molecule has 0 heterocycles. The van der Waals surface area contributed by atoms with Crippen molar-refractivity contribution in [3.8, 4) is 0 Å². The molecular formula is C16H23F3N2. The summed E-state index contributed by atoms with van der Waals surface area (Å²) in [5.41, 5.74) is 5.63. The van der Waals surface area contributed by atoms with Gasteiger partial charge >= 0.3 is 6.18 Å². The van der Waals surface area contributed by atoms with Gasteiger partial charge in [-0.25, -0.2) is 0 Å². The fourth-order valence-corrected chi connectivity index (χ4v) is 3.36. The monoisotopic (exact) mass is 300 g/mol. The van der Waals surface area contributed by atoms with E-state index in [2.05, 4.69) is 0 Å². The van der Waals surface area contributed by atoms with Crippen LogP contribution < -0.4 is 5.73 Å². The van der Waals surface area contributed by atoms with Gasteiger partial charge in [-0.15, -0.1) is 0 Å². The van der Waals surface area contributed by atoms with E-state index < -0.39 is 11.7 Å². The summed E-state index contributed by atoms with van der Waals surface area (Å²) in [6, 6.07) is 6.12. The number of nitrogens with two attached hydrogens (primary N) is 1. The van der Waals surface area contributed by atoms with E-state index in [1.165, 1.54) is 12.5 Å². The first kappa shape index (κ1) is 16.3. The molecule has 2 N–H and O–H groups in total. The van der Waals surface area contributed by atoms with E-state index in [0.29, 0.717) is 24.6 Å². The number of hydrogen-bond donors (Lipinski definition) is 1. The Hall–Kier alpha value is -1.07. The van der Waals surface area contributed by atoms with Gasteiger partial charge in [-0.2, -0.15) is 13.2 Å². The third-order valence-electron chi connectivity index (χ3n) is 4.48. The molecule has 1 aromatic carbocycles. The quantitative estimate of drug-likeness (QED) is 0.919. The van der Waals surface area contributed by atoms with Crippen molar-refractivity contribution in [3.05, 3.63) is 35.4 Å². The van der Waals surface area contributed by atoms with E-state index in [1.807, 2.05) is 11.9 Å². The van der Waals surface area contributed by atoms with Gasteiger partial charge in [-0.05, 0) is 44.0 Å². The van der Waals surface area contributed by atoms with Crippen LogP contribution in [0.1, 0.15) is 36.8 Å². The lowest BCUT2D eigenvalue weighted by Crippen LogP contribution is -2.42. The van der Waals surface area contributed by atoms with E-state index in [4.69, 9.17) is 5.73 Å². The molecule has 2 nitrogen and oxygen atoms in total. The van der Waals surface area contributed by atoms with Crippen molar-refractivity contribution in [2.75, 3.05) is 13.6 Å². The van der Waals surface area contributed by atoms with E-state index in [0.717, 1.165) is 25.3 Å². The van der Waals surface area contributed by atoms with Crippen LogP contribution in [-0.4, -0.2) is 24.5 Å². The van der Waals surface area contributed by atoms with Gasteiger partial charge in [-0.3, -0.25) is 4.90 Å². The lowest BCUT2D eigenvalue weighted by molar-refractivity contribution is -0.138. The van der Waals surface area contributed by atoms with Gasteiger partial charge in [0.05, 0.1) is 5.56 Å². The Balaban J connectivity index is 2.14. The molecule has 1 fully saturated rings. The zero-order valence-electron chi connectivity index (χ0n) is 12.4. The fourth-order valence-electron chi connectivity index (χ4n) is 3.36. The first-order valence-electron chi connectivity index (χ1n) is 7.49. The molecule has 21 heavy (non-hydrogen) atoms. The lowest BCUT2D eigenvalue weighted by Gasteiger charge is -2.38. The highest BCUT2D eigenvalue weighted by molar-refractivity contribution is 5.29. The zero-order valence-corrected chi connectivity index (χ0v) is 12.4. The maximum atomic E-state index is 13.0. The fraction of sp³-hybridized carbons (Fsp3) is 0.625. The van der Waals surface area contributed by atoms with Crippen LogP contribution in [0.5, 0.6) is 0 Å². The van der Waals surface area contributed by atoms with Crippen molar-refractivity contribution < 1.29 is 13.2 Å². The Morgan fingerprint density at radius 3 is 2.52 bits per heavy atom. The molecule has 0 bridgehead atoms. The predicted molar refractivity (Wildman–Crippen MR) is 77.7 cm³/mol. The van der Waals surface area contributed by atoms with Gasteiger partial charge in [0, 0.05) is 12.6 Å². The predicted octanol–water partition coefficient (Wildman–Crippen LogP) is 3.65. The molecule has 0 aromatic heterocycles. The molecule has 0 aliphatic heterocycles. The van der Waals surface area contributed by atoms with Crippen molar-refractivity contribution in [3.63, 3.8) is 0 Å². The summed E-state index contributed by atoms with van der Waals surface area (Å²) in [6.07, 6.45) is 0.105. The molecular weight excluding hydrogens is 277 g/mol. The van der Waals surface area contributed by atoms with Crippen LogP contribution in [0.3, 0.4) is 0 Å². The Kier molecular flexibility index (Phi) is 5.27. The number of nitrogens with zero attached hydrogens (tertiary/aromatic N) is 1. The van der Waals surface area contributed by atoms with Crippen molar-refractivity contribution >= 4 is 0 Å². The summed E-state index contributed by atoms with van der Waals surface area (Å²) < 4.78 is 39.1. The third-order valence-corrected chi connectivity index (χ3v) is 4.48. The maximum Gasteiger partial charge on any atom is 0.416 e. The van der Waals surface area contributed by atoms with Gasteiger partial charge in [0.1, 0.15) is 0 Å². The van der Waals surface area contributed by atoms with E-state index >= 15 is 0 Å². The minimum atomic E-state index is -4.29. The van der Waals surface area contributed by atoms with Crippen molar-refractivity contribution in [1.29, 1.82) is 0 Å². The Labute approximate surface area is 124 Å². The second-order valence-corrected chi connectivity index (χ2v) is 5.92. The number of halogens is 3. The average Bonchev–Trinajstić information content (AvgIpc) is 2.46. The van der Waals surface area contributed by atoms with E-state index in [9.17, 15) is 13.2 Å². The summed E-state index contributed by atoms with van der Waals surface area (Å²) in [5, 5.41) is 0. The summed E-state index contributed by atoms with van der Waals surface area (Å²) in [4.78, 5) is 2.04. The Bertz CT molecular complexity index is 459. The summed E-state index contributed by atoms with van der Waals surface area (Å²) in [6.45, 7) is 0.923. The standard InChI is InChI=1S/C16H23F3N2/c1-21(15-9-5-3-6-12(15)10-20)11-13-7-2-4-8-14(13)16(17,18)19/h2,4,7-8,12,15H,3,5-6,9-11,20H2,1H3. The lowest BCUT2D eigenvalue weighted by atomic mass is 9.83. The topological polar surface area (TPSA) is 29.3 Å². The number of benzene rings is 1. The SMILES string of the molecule is CN(Cc1ccccc1C(F)(F)F)C1CCCCC1CN. The summed E-state index contributed by atoms with van der Waals surface area (Å²) in [7, 11) is 1.91. The molecule has 1 saturated carbocycles. The third kappa shape index (κ3) is 3.98. The minimum Gasteiger partial charge on any atom is -0.330 e. The molecule has 1 aliphatic carbocycles. The van der Waals surface area contributed by atoms with E-state index in [1.54, 1.807) is 12.1 Å². The van der Waals surface area contributed by atoms with Gasteiger partial charge in [0.25, 0.3) is 0 Å². The van der Waals surface area contributed by atoms with Crippen molar-refractivity contribution in [2.45, 2.75) is 44.4 Å². The Morgan fingerprint density at radius 1 is 1.19 bits per heavy atom.